The topological polar surface area (TPSA) is 98.3 Å². The first-order valence-electron chi connectivity index (χ1n) is 9.44. The van der Waals surface area contributed by atoms with E-state index in [1.54, 1.807) is 36.5 Å². The minimum atomic E-state index is -0.444. The number of ether oxygens (including phenoxy) is 1. The zero-order valence-electron chi connectivity index (χ0n) is 16.5. The van der Waals surface area contributed by atoms with Crippen LogP contribution < -0.4 is 4.74 Å². The van der Waals surface area contributed by atoms with Gasteiger partial charge in [0.15, 0.2) is 5.82 Å². The second-order valence-electron chi connectivity index (χ2n) is 6.68. The average molecular weight is 466 g/mol. The quantitative estimate of drug-likeness (QED) is 0.165. The van der Waals surface area contributed by atoms with Crippen LogP contribution in [0.1, 0.15) is 11.1 Å². The van der Waals surface area contributed by atoms with E-state index in [-0.39, 0.29) is 12.3 Å². The van der Waals surface area contributed by atoms with Crippen molar-refractivity contribution in [2.75, 3.05) is 0 Å². The second-order valence-corrected chi connectivity index (χ2v) is 7.47. The summed E-state index contributed by atoms with van der Waals surface area (Å²) in [5.74, 6) is 1.05. The van der Waals surface area contributed by atoms with E-state index in [1.165, 1.54) is 16.8 Å². The lowest BCUT2D eigenvalue weighted by atomic mass is 10.2. The summed E-state index contributed by atoms with van der Waals surface area (Å²) in [6.45, 7) is 0.152. The van der Waals surface area contributed by atoms with Gasteiger partial charge in [0.2, 0.25) is 4.77 Å². The van der Waals surface area contributed by atoms with E-state index in [9.17, 15) is 10.1 Å². The molecule has 32 heavy (non-hydrogen) atoms. The zero-order valence-corrected chi connectivity index (χ0v) is 18.1. The molecule has 0 atom stereocenters. The number of aromatic amines is 1. The number of nitrogens with one attached hydrogen (secondary N) is 1. The van der Waals surface area contributed by atoms with Crippen molar-refractivity contribution >= 4 is 35.7 Å². The number of benzene rings is 3. The van der Waals surface area contributed by atoms with Gasteiger partial charge in [0.1, 0.15) is 12.4 Å². The van der Waals surface area contributed by atoms with Gasteiger partial charge in [-0.05, 0) is 41.5 Å². The van der Waals surface area contributed by atoms with Gasteiger partial charge in [-0.3, -0.25) is 10.1 Å². The monoisotopic (exact) mass is 465 g/mol. The van der Waals surface area contributed by atoms with Crippen LogP contribution >= 0.6 is 23.8 Å². The minimum absolute atomic E-state index is 0.0106. The molecule has 0 unspecified atom stereocenters. The third-order valence-electron chi connectivity index (χ3n) is 4.48. The molecule has 0 aliphatic carbocycles. The molecule has 160 valence electrons. The van der Waals surface area contributed by atoms with Crippen LogP contribution in [0.5, 0.6) is 5.75 Å². The lowest BCUT2D eigenvalue weighted by molar-refractivity contribution is -0.384. The second kappa shape index (κ2) is 9.54. The molecular formula is C22H16ClN5O3S. The van der Waals surface area contributed by atoms with Crippen molar-refractivity contribution in [1.29, 1.82) is 0 Å². The fourth-order valence-electron chi connectivity index (χ4n) is 2.93. The third-order valence-corrected chi connectivity index (χ3v) is 5.04. The lowest BCUT2D eigenvalue weighted by Crippen LogP contribution is -1.98. The molecule has 0 amide bonds. The molecule has 3 aromatic carbocycles. The van der Waals surface area contributed by atoms with E-state index >= 15 is 0 Å². The molecule has 0 saturated heterocycles. The standard InChI is InChI=1S/C22H16ClN5O3S/c23-19-12-15(9-10-20(19)31-14-16-5-4-8-18(11-16)28(29)30)13-24-27-21(25-26-22(27)32)17-6-2-1-3-7-17/h1-13H,14H2,(H,26,32). The summed E-state index contributed by atoms with van der Waals surface area (Å²) < 4.78 is 7.62. The summed E-state index contributed by atoms with van der Waals surface area (Å²) in [6.07, 6.45) is 1.62. The summed E-state index contributed by atoms with van der Waals surface area (Å²) in [5, 5.41) is 22.7. The molecule has 0 aliphatic heterocycles. The molecule has 0 fully saturated rings. The van der Waals surface area contributed by atoms with Crippen molar-refractivity contribution < 1.29 is 9.66 Å². The van der Waals surface area contributed by atoms with Crippen molar-refractivity contribution in [2.45, 2.75) is 6.61 Å². The molecule has 1 N–H and O–H groups in total. The number of halogens is 1. The van der Waals surface area contributed by atoms with Gasteiger partial charge in [-0.1, -0.05) is 54.1 Å². The molecular weight excluding hydrogens is 450 g/mol. The van der Waals surface area contributed by atoms with Crippen LogP contribution in [0, 0.1) is 14.9 Å². The Kier molecular flexibility index (Phi) is 6.39. The van der Waals surface area contributed by atoms with Gasteiger partial charge < -0.3 is 4.74 Å². The maximum atomic E-state index is 10.9. The van der Waals surface area contributed by atoms with E-state index < -0.39 is 4.92 Å². The smallest absolute Gasteiger partial charge is 0.269 e. The van der Waals surface area contributed by atoms with Crippen molar-refractivity contribution in [3.8, 4) is 17.1 Å². The summed E-state index contributed by atoms with van der Waals surface area (Å²) in [4.78, 5) is 10.5. The van der Waals surface area contributed by atoms with Crippen molar-refractivity contribution in [2.24, 2.45) is 5.10 Å². The first-order valence-corrected chi connectivity index (χ1v) is 10.2. The summed E-state index contributed by atoms with van der Waals surface area (Å²) >= 11 is 11.6. The maximum absolute atomic E-state index is 10.9. The Morgan fingerprint density at radius 1 is 1.16 bits per heavy atom. The summed E-state index contributed by atoms with van der Waals surface area (Å²) in [6, 6.07) is 21.1. The van der Waals surface area contributed by atoms with Crippen LogP contribution in [-0.4, -0.2) is 26.0 Å². The molecule has 10 heteroatoms. The maximum Gasteiger partial charge on any atom is 0.269 e. The molecule has 4 aromatic rings. The molecule has 0 bridgehead atoms. The fraction of sp³-hybridized carbons (Fsp3) is 0.0455. The molecule has 1 heterocycles. The Hall–Kier alpha value is -3.82. The van der Waals surface area contributed by atoms with E-state index in [4.69, 9.17) is 28.6 Å². The number of non-ortho nitro benzene ring substituents is 1. The van der Waals surface area contributed by atoms with Gasteiger partial charge in [0.25, 0.3) is 5.69 Å². The highest BCUT2D eigenvalue weighted by atomic mass is 35.5. The van der Waals surface area contributed by atoms with Crippen molar-refractivity contribution in [3.63, 3.8) is 0 Å². The molecule has 8 nitrogen and oxygen atoms in total. The molecule has 4 rings (SSSR count). The number of aromatic nitrogens is 3. The SMILES string of the molecule is O=[N+]([O-])c1cccc(COc2ccc(C=Nn3c(-c4ccccc4)n[nH]c3=S)cc2Cl)c1. The minimum Gasteiger partial charge on any atom is -0.487 e. The van der Waals surface area contributed by atoms with Crippen molar-refractivity contribution in [3.05, 3.63) is 104 Å². The van der Waals surface area contributed by atoms with Gasteiger partial charge in [-0.25, -0.2) is 5.10 Å². The molecule has 0 spiro atoms. The van der Waals surface area contributed by atoms with E-state index in [1.807, 2.05) is 30.3 Å². The molecule has 0 saturated carbocycles. The van der Waals surface area contributed by atoms with Gasteiger partial charge >= 0.3 is 0 Å². The van der Waals surface area contributed by atoms with Crippen LogP contribution in [0.4, 0.5) is 5.69 Å². The Morgan fingerprint density at radius 3 is 2.72 bits per heavy atom. The number of nitro benzene ring substituents is 1. The van der Waals surface area contributed by atoms with Crippen LogP contribution in [0.25, 0.3) is 11.4 Å². The average Bonchev–Trinajstić information content (AvgIpc) is 3.18. The van der Waals surface area contributed by atoms with Gasteiger partial charge in [0.05, 0.1) is 16.2 Å². The van der Waals surface area contributed by atoms with Crippen LogP contribution in [0.15, 0.2) is 77.9 Å². The Morgan fingerprint density at radius 2 is 1.97 bits per heavy atom. The van der Waals surface area contributed by atoms with Crippen LogP contribution in [0.3, 0.4) is 0 Å². The largest absolute Gasteiger partial charge is 0.487 e. The highest BCUT2D eigenvalue weighted by molar-refractivity contribution is 7.71. The third kappa shape index (κ3) is 4.90. The van der Waals surface area contributed by atoms with Gasteiger partial charge in [-0.15, -0.1) is 0 Å². The molecule has 1 aromatic heterocycles. The molecule has 0 radical (unpaired) electrons. The van der Waals surface area contributed by atoms with Gasteiger partial charge in [-0.2, -0.15) is 14.9 Å². The van der Waals surface area contributed by atoms with E-state index in [0.29, 0.717) is 26.9 Å². The van der Waals surface area contributed by atoms with Crippen molar-refractivity contribution in [1.82, 2.24) is 14.9 Å². The Labute approximate surface area is 192 Å². The first-order chi connectivity index (χ1) is 15.5. The number of nitrogens with zero attached hydrogens (tertiary/aromatic N) is 4. The van der Waals surface area contributed by atoms with E-state index in [2.05, 4.69) is 15.3 Å². The number of H-pyrrole nitrogens is 1. The fourth-order valence-corrected chi connectivity index (χ4v) is 3.36. The summed E-state index contributed by atoms with van der Waals surface area (Å²) in [7, 11) is 0. The van der Waals surface area contributed by atoms with Gasteiger partial charge in [0, 0.05) is 17.7 Å². The number of nitro groups is 1. The first kappa shape index (κ1) is 21.4. The Balaban J connectivity index is 1.49. The highest BCUT2D eigenvalue weighted by Crippen LogP contribution is 2.26. The normalized spacial score (nSPS) is 11.0. The number of rotatable bonds is 7. The number of hydrogen-bond donors (Lipinski definition) is 1. The predicted octanol–water partition coefficient (Wildman–Crippen LogP) is 5.63. The Bertz CT molecular complexity index is 1350. The van der Waals surface area contributed by atoms with E-state index in [0.717, 1.165) is 11.1 Å². The number of hydrogen-bond acceptors (Lipinski definition) is 6. The molecule has 0 aliphatic rings. The predicted molar refractivity (Wildman–Crippen MR) is 125 cm³/mol. The zero-order chi connectivity index (χ0) is 22.5. The summed E-state index contributed by atoms with van der Waals surface area (Å²) in [5.41, 5.74) is 2.29. The lowest BCUT2D eigenvalue weighted by Gasteiger charge is -2.08. The highest BCUT2D eigenvalue weighted by Gasteiger charge is 2.09. The van der Waals surface area contributed by atoms with Crippen LogP contribution in [0.2, 0.25) is 5.02 Å². The van der Waals surface area contributed by atoms with Crippen LogP contribution in [-0.2, 0) is 6.61 Å².